The van der Waals surface area contributed by atoms with Crippen LogP contribution in [0.5, 0.6) is 0 Å². The van der Waals surface area contributed by atoms with Gasteiger partial charge in [-0.25, -0.2) is 8.42 Å². The van der Waals surface area contributed by atoms with E-state index in [-0.39, 0.29) is 23.8 Å². The molecule has 1 saturated heterocycles. The van der Waals surface area contributed by atoms with Crippen LogP contribution in [0.4, 0.5) is 0 Å². The van der Waals surface area contributed by atoms with Crippen LogP contribution in [0.1, 0.15) is 60.2 Å². The van der Waals surface area contributed by atoms with E-state index in [0.29, 0.717) is 42.9 Å². The van der Waals surface area contributed by atoms with E-state index in [4.69, 9.17) is 0 Å². The molecule has 0 bridgehead atoms. The zero-order chi connectivity index (χ0) is 24.9. The second-order valence-electron chi connectivity index (χ2n) is 9.13. The van der Waals surface area contributed by atoms with Crippen molar-refractivity contribution in [2.45, 2.75) is 64.4 Å². The number of hydrogen-bond donors (Lipinski definition) is 2. The molecule has 0 aliphatic carbocycles. The highest BCUT2D eigenvalue weighted by atomic mass is 32.2. The number of benzene rings is 2. The van der Waals surface area contributed by atoms with Crippen molar-refractivity contribution < 1.29 is 18.0 Å². The van der Waals surface area contributed by atoms with Gasteiger partial charge in [0.1, 0.15) is 0 Å². The molecule has 1 aliphatic heterocycles. The molecule has 8 heteroatoms. The van der Waals surface area contributed by atoms with Crippen LogP contribution < -0.4 is 10.6 Å². The Morgan fingerprint density at radius 3 is 2.41 bits per heavy atom. The molecule has 0 aromatic heterocycles. The van der Waals surface area contributed by atoms with Crippen LogP contribution in [0, 0.1) is 19.8 Å². The Hall–Kier alpha value is -2.71. The second-order valence-corrected chi connectivity index (χ2v) is 11.1. The van der Waals surface area contributed by atoms with Crippen molar-refractivity contribution in [2.24, 2.45) is 5.92 Å². The predicted octanol–water partition coefficient (Wildman–Crippen LogP) is 3.55. The molecule has 2 aromatic carbocycles. The number of carbonyl (C=O) groups is 2. The smallest absolute Gasteiger partial charge is 0.251 e. The Balaban J connectivity index is 1.54. The number of carbonyl (C=O) groups excluding carboxylic acids is 2. The molecule has 1 heterocycles. The fourth-order valence-electron chi connectivity index (χ4n) is 3.95. The molecule has 2 aromatic rings. The van der Waals surface area contributed by atoms with E-state index in [1.165, 1.54) is 4.31 Å². The van der Waals surface area contributed by atoms with Crippen LogP contribution in [0.2, 0.25) is 0 Å². The third kappa shape index (κ3) is 6.24. The number of amides is 2. The standard InChI is InChI=1S/C26H35N3O4S/c1-5-20(4)28-26(31)23-8-6-7-21(16-23)17-27-25(30)22-11-13-29(14-12-22)34(32,33)24-10-9-18(2)19(3)15-24/h6-10,15-16,20,22H,5,11-14,17H2,1-4H3,(H,27,30)(H,28,31). The lowest BCUT2D eigenvalue weighted by atomic mass is 9.97. The third-order valence-electron chi connectivity index (χ3n) is 6.59. The molecule has 1 fully saturated rings. The summed E-state index contributed by atoms with van der Waals surface area (Å²) in [7, 11) is -3.57. The Morgan fingerprint density at radius 1 is 1.06 bits per heavy atom. The molecule has 34 heavy (non-hydrogen) atoms. The third-order valence-corrected chi connectivity index (χ3v) is 8.48. The molecular formula is C26H35N3O4S. The number of piperidine rings is 1. The van der Waals surface area contributed by atoms with Crippen LogP contribution in [-0.4, -0.2) is 43.7 Å². The summed E-state index contributed by atoms with van der Waals surface area (Å²) in [4.78, 5) is 25.4. The fraction of sp³-hybridized carbons (Fsp3) is 0.462. The lowest BCUT2D eigenvalue weighted by Gasteiger charge is -2.30. The minimum absolute atomic E-state index is 0.0855. The summed E-state index contributed by atoms with van der Waals surface area (Å²) in [6, 6.07) is 12.5. The van der Waals surface area contributed by atoms with Crippen molar-refractivity contribution in [1.29, 1.82) is 0 Å². The zero-order valence-corrected chi connectivity index (χ0v) is 21.2. The molecule has 184 valence electrons. The zero-order valence-electron chi connectivity index (χ0n) is 20.4. The lowest BCUT2D eigenvalue weighted by Crippen LogP contribution is -2.42. The average Bonchev–Trinajstić information content (AvgIpc) is 2.84. The molecule has 1 unspecified atom stereocenters. The number of sulfonamides is 1. The molecule has 0 spiro atoms. The topological polar surface area (TPSA) is 95.6 Å². The summed E-state index contributed by atoms with van der Waals surface area (Å²) in [5, 5.41) is 5.89. The minimum atomic E-state index is -3.57. The van der Waals surface area contributed by atoms with Crippen molar-refractivity contribution in [2.75, 3.05) is 13.1 Å². The molecule has 2 amide bonds. The van der Waals surface area contributed by atoms with Gasteiger partial charge in [-0.1, -0.05) is 25.1 Å². The molecule has 3 rings (SSSR count). The Morgan fingerprint density at radius 2 is 1.76 bits per heavy atom. The van der Waals surface area contributed by atoms with Gasteiger partial charge in [-0.15, -0.1) is 0 Å². The molecular weight excluding hydrogens is 450 g/mol. The van der Waals surface area contributed by atoms with Crippen molar-refractivity contribution in [3.63, 3.8) is 0 Å². The molecule has 2 N–H and O–H groups in total. The normalized spacial score (nSPS) is 16.1. The Kier molecular flexibility index (Phi) is 8.49. The largest absolute Gasteiger partial charge is 0.352 e. The van der Waals surface area contributed by atoms with Crippen LogP contribution in [0.25, 0.3) is 0 Å². The highest BCUT2D eigenvalue weighted by Crippen LogP contribution is 2.25. The van der Waals surface area contributed by atoms with Gasteiger partial charge in [0.15, 0.2) is 0 Å². The van der Waals surface area contributed by atoms with Gasteiger partial charge in [-0.3, -0.25) is 9.59 Å². The van der Waals surface area contributed by atoms with Crippen LogP contribution in [-0.2, 0) is 21.4 Å². The van der Waals surface area contributed by atoms with E-state index in [2.05, 4.69) is 10.6 Å². The summed E-state index contributed by atoms with van der Waals surface area (Å²) in [6.45, 7) is 8.79. The van der Waals surface area contributed by atoms with Gasteiger partial charge in [0.05, 0.1) is 4.90 Å². The van der Waals surface area contributed by atoms with E-state index in [9.17, 15) is 18.0 Å². The van der Waals surface area contributed by atoms with Crippen molar-refractivity contribution in [3.8, 4) is 0 Å². The Bertz CT molecular complexity index is 1140. The van der Waals surface area contributed by atoms with Crippen molar-refractivity contribution in [3.05, 3.63) is 64.7 Å². The summed E-state index contributed by atoms with van der Waals surface area (Å²) < 4.78 is 27.5. The van der Waals surface area contributed by atoms with Crippen molar-refractivity contribution >= 4 is 21.8 Å². The molecule has 0 saturated carbocycles. The van der Waals surface area contributed by atoms with Crippen LogP contribution >= 0.6 is 0 Å². The SMILES string of the molecule is CCC(C)NC(=O)c1cccc(CNC(=O)C2CCN(S(=O)(=O)c3ccc(C)c(C)c3)CC2)c1. The van der Waals surface area contributed by atoms with Gasteiger partial charge in [0, 0.05) is 37.2 Å². The van der Waals surface area contributed by atoms with Gasteiger partial charge in [0.25, 0.3) is 5.91 Å². The number of nitrogens with one attached hydrogen (secondary N) is 2. The monoisotopic (exact) mass is 485 g/mol. The summed E-state index contributed by atoms with van der Waals surface area (Å²) in [6.07, 6.45) is 1.81. The van der Waals surface area contributed by atoms with Gasteiger partial charge in [0.2, 0.25) is 15.9 Å². The van der Waals surface area contributed by atoms with Crippen LogP contribution in [0.15, 0.2) is 47.4 Å². The Labute approximate surface area is 203 Å². The number of rotatable bonds is 8. The van der Waals surface area contributed by atoms with E-state index in [0.717, 1.165) is 23.1 Å². The number of hydrogen-bond acceptors (Lipinski definition) is 4. The quantitative estimate of drug-likeness (QED) is 0.598. The highest BCUT2D eigenvalue weighted by Gasteiger charge is 2.32. The first-order chi connectivity index (χ1) is 16.1. The molecule has 1 atom stereocenters. The maximum atomic E-state index is 13.0. The first kappa shape index (κ1) is 25.9. The maximum absolute atomic E-state index is 13.0. The lowest BCUT2D eigenvalue weighted by molar-refractivity contribution is -0.126. The molecule has 7 nitrogen and oxygen atoms in total. The predicted molar refractivity (Wildman–Crippen MR) is 133 cm³/mol. The molecule has 1 aliphatic rings. The van der Waals surface area contributed by atoms with E-state index >= 15 is 0 Å². The van der Waals surface area contributed by atoms with Gasteiger partial charge < -0.3 is 10.6 Å². The first-order valence-electron chi connectivity index (χ1n) is 11.9. The molecule has 0 radical (unpaired) electrons. The second kappa shape index (κ2) is 11.1. The fourth-order valence-corrected chi connectivity index (χ4v) is 5.50. The number of nitrogens with zero attached hydrogens (tertiary/aromatic N) is 1. The van der Waals surface area contributed by atoms with Crippen molar-refractivity contribution in [1.82, 2.24) is 14.9 Å². The highest BCUT2D eigenvalue weighted by molar-refractivity contribution is 7.89. The van der Waals surface area contributed by atoms with E-state index in [1.807, 2.05) is 45.9 Å². The van der Waals surface area contributed by atoms with Crippen LogP contribution in [0.3, 0.4) is 0 Å². The average molecular weight is 486 g/mol. The van der Waals surface area contributed by atoms with Gasteiger partial charge in [-0.2, -0.15) is 4.31 Å². The minimum Gasteiger partial charge on any atom is -0.352 e. The van der Waals surface area contributed by atoms with E-state index in [1.54, 1.807) is 24.3 Å². The van der Waals surface area contributed by atoms with E-state index < -0.39 is 10.0 Å². The number of aryl methyl sites for hydroxylation is 2. The summed E-state index contributed by atoms with van der Waals surface area (Å²) in [5.74, 6) is -0.444. The van der Waals surface area contributed by atoms with Gasteiger partial charge >= 0.3 is 0 Å². The first-order valence-corrected chi connectivity index (χ1v) is 13.3. The summed E-state index contributed by atoms with van der Waals surface area (Å²) in [5.41, 5.74) is 3.41. The maximum Gasteiger partial charge on any atom is 0.251 e. The van der Waals surface area contributed by atoms with Gasteiger partial charge in [-0.05, 0) is 81.0 Å². The summed E-state index contributed by atoms with van der Waals surface area (Å²) >= 11 is 0.